The van der Waals surface area contributed by atoms with Crippen molar-refractivity contribution >= 4 is 38.6 Å². The Hall–Kier alpha value is -2.38. The monoisotopic (exact) mass is 336 g/mol. The van der Waals surface area contributed by atoms with Crippen LogP contribution in [0.5, 0.6) is 0 Å². The quantitative estimate of drug-likeness (QED) is 0.743. The molecule has 22 heavy (non-hydrogen) atoms. The summed E-state index contributed by atoms with van der Waals surface area (Å²) in [6.45, 7) is 0. The van der Waals surface area contributed by atoms with Crippen molar-refractivity contribution < 1.29 is 18.3 Å². The lowest BCUT2D eigenvalue weighted by atomic mass is 10.2. The zero-order valence-electron chi connectivity index (χ0n) is 11.0. The largest absolute Gasteiger partial charge is 0.478 e. The fraction of sp³-hybridized carbons (Fsp3) is 0. The van der Waals surface area contributed by atoms with Gasteiger partial charge in [-0.05, 0) is 24.3 Å². The molecule has 1 aromatic carbocycles. The van der Waals surface area contributed by atoms with E-state index < -0.39 is 16.0 Å². The number of aromatic nitrogens is 2. The van der Waals surface area contributed by atoms with E-state index in [0.717, 1.165) is 3.97 Å². The molecule has 0 saturated heterocycles. The molecule has 0 amide bonds. The Morgan fingerprint density at radius 3 is 2.50 bits per heavy atom. The van der Waals surface area contributed by atoms with Crippen molar-refractivity contribution in [2.24, 2.45) is 0 Å². The average Bonchev–Trinajstić information content (AvgIpc) is 2.90. The number of rotatable bonds is 3. The summed E-state index contributed by atoms with van der Waals surface area (Å²) < 4.78 is 26.3. The highest BCUT2D eigenvalue weighted by atomic mass is 35.5. The first-order chi connectivity index (χ1) is 10.4. The molecule has 0 unspecified atom stereocenters. The Bertz CT molecular complexity index is 981. The fourth-order valence-electron chi connectivity index (χ4n) is 2.08. The molecule has 0 saturated carbocycles. The summed E-state index contributed by atoms with van der Waals surface area (Å²) in [7, 11) is -3.84. The van der Waals surface area contributed by atoms with Crippen LogP contribution in [0.2, 0.25) is 5.15 Å². The van der Waals surface area contributed by atoms with Crippen LogP contribution in [0.1, 0.15) is 10.4 Å². The number of aromatic carboxylic acids is 1. The molecule has 0 atom stereocenters. The van der Waals surface area contributed by atoms with Gasteiger partial charge in [-0.3, -0.25) is 0 Å². The van der Waals surface area contributed by atoms with Gasteiger partial charge >= 0.3 is 5.97 Å². The molecule has 3 aromatic rings. The van der Waals surface area contributed by atoms with E-state index in [1.165, 1.54) is 30.5 Å². The van der Waals surface area contributed by atoms with E-state index in [1.54, 1.807) is 18.2 Å². The molecule has 2 heterocycles. The minimum Gasteiger partial charge on any atom is -0.478 e. The molecule has 2 aromatic heterocycles. The molecule has 0 aliphatic carbocycles. The van der Waals surface area contributed by atoms with Gasteiger partial charge in [0.2, 0.25) is 0 Å². The number of nitrogens with zero attached hydrogens (tertiary/aromatic N) is 2. The van der Waals surface area contributed by atoms with Gasteiger partial charge in [-0.1, -0.05) is 29.8 Å². The molecule has 112 valence electrons. The molecule has 3 rings (SSSR count). The zero-order chi connectivity index (χ0) is 15.9. The first-order valence-corrected chi connectivity index (χ1v) is 7.94. The van der Waals surface area contributed by atoms with Gasteiger partial charge in [-0.25, -0.2) is 22.2 Å². The van der Waals surface area contributed by atoms with Gasteiger partial charge < -0.3 is 5.11 Å². The van der Waals surface area contributed by atoms with Gasteiger partial charge in [0.15, 0.2) is 0 Å². The zero-order valence-corrected chi connectivity index (χ0v) is 12.5. The van der Waals surface area contributed by atoms with Crippen molar-refractivity contribution in [1.82, 2.24) is 8.96 Å². The summed E-state index contributed by atoms with van der Waals surface area (Å²) in [5.41, 5.74) is 0.206. The third-order valence-electron chi connectivity index (χ3n) is 3.12. The smallest absolute Gasteiger partial charge is 0.338 e. The number of hydrogen-bond acceptors (Lipinski definition) is 4. The Morgan fingerprint density at radius 2 is 1.86 bits per heavy atom. The van der Waals surface area contributed by atoms with E-state index in [1.807, 2.05) is 0 Å². The summed E-state index contributed by atoms with van der Waals surface area (Å²) in [5.74, 6) is -1.27. The minimum absolute atomic E-state index is 0.0966. The van der Waals surface area contributed by atoms with Crippen molar-refractivity contribution in [3.05, 3.63) is 59.4 Å². The maximum Gasteiger partial charge on any atom is 0.338 e. The number of carbonyl (C=O) groups is 1. The summed E-state index contributed by atoms with van der Waals surface area (Å²) >= 11 is 5.79. The maximum absolute atomic E-state index is 12.6. The lowest BCUT2D eigenvalue weighted by Gasteiger charge is -2.08. The van der Waals surface area contributed by atoms with Gasteiger partial charge in [0.1, 0.15) is 5.15 Å². The van der Waals surface area contributed by atoms with Crippen LogP contribution in [0.3, 0.4) is 0 Å². The van der Waals surface area contributed by atoms with Crippen LogP contribution in [0.25, 0.3) is 11.0 Å². The fourth-order valence-corrected chi connectivity index (χ4v) is 3.66. The van der Waals surface area contributed by atoms with Crippen LogP contribution in [0.15, 0.2) is 53.6 Å². The van der Waals surface area contributed by atoms with Crippen LogP contribution >= 0.6 is 11.6 Å². The summed E-state index contributed by atoms with van der Waals surface area (Å²) in [6, 6.07) is 10.5. The first-order valence-electron chi connectivity index (χ1n) is 6.13. The second kappa shape index (κ2) is 5.11. The van der Waals surface area contributed by atoms with E-state index in [4.69, 9.17) is 16.7 Å². The number of benzene rings is 1. The van der Waals surface area contributed by atoms with Crippen molar-refractivity contribution in [3.63, 3.8) is 0 Å². The standard InChI is InChI=1S/C14H9ClN2O4S/c15-13-10(14(18)19)8-12-11(16-13)6-7-17(12)22(20,21)9-4-2-1-3-5-9/h1-8H,(H,18,19). The molecule has 1 N–H and O–H groups in total. The number of carboxylic acids is 1. The summed E-state index contributed by atoms with van der Waals surface area (Å²) in [5, 5.41) is 8.90. The molecule has 0 aliphatic heterocycles. The number of hydrogen-bond donors (Lipinski definition) is 1. The lowest BCUT2D eigenvalue weighted by molar-refractivity contribution is 0.0697. The Kier molecular flexibility index (Phi) is 3.38. The lowest BCUT2D eigenvalue weighted by Crippen LogP contribution is -2.12. The topological polar surface area (TPSA) is 89.3 Å². The van der Waals surface area contributed by atoms with E-state index in [2.05, 4.69) is 4.98 Å². The molecule has 8 heteroatoms. The van der Waals surface area contributed by atoms with Crippen LogP contribution in [0, 0.1) is 0 Å². The third kappa shape index (κ3) is 2.24. The maximum atomic E-state index is 12.6. The predicted molar refractivity (Wildman–Crippen MR) is 80.7 cm³/mol. The number of carboxylic acid groups (broad SMARTS) is 1. The van der Waals surface area contributed by atoms with Gasteiger partial charge in [-0.15, -0.1) is 0 Å². The van der Waals surface area contributed by atoms with E-state index in [0.29, 0.717) is 5.52 Å². The molecular formula is C14H9ClN2O4S. The molecule has 0 radical (unpaired) electrons. The second-order valence-electron chi connectivity index (χ2n) is 4.47. The molecule has 0 fully saturated rings. The third-order valence-corrected chi connectivity index (χ3v) is 5.11. The Morgan fingerprint density at radius 1 is 1.18 bits per heavy atom. The first kappa shape index (κ1) is 14.6. The van der Waals surface area contributed by atoms with Crippen molar-refractivity contribution in [2.75, 3.05) is 0 Å². The van der Waals surface area contributed by atoms with E-state index in [-0.39, 0.29) is 21.1 Å². The SMILES string of the molecule is O=C(O)c1cc2c(ccn2S(=O)(=O)c2ccccc2)nc1Cl. The number of pyridine rings is 1. The Balaban J connectivity index is 2.29. The van der Waals surface area contributed by atoms with Crippen molar-refractivity contribution in [3.8, 4) is 0 Å². The van der Waals surface area contributed by atoms with Crippen LogP contribution in [-0.4, -0.2) is 28.5 Å². The Labute approximate surface area is 130 Å². The summed E-state index contributed by atoms with van der Waals surface area (Å²) in [6.07, 6.45) is 1.32. The van der Waals surface area contributed by atoms with E-state index in [9.17, 15) is 13.2 Å². The molecule has 6 nitrogen and oxygen atoms in total. The summed E-state index contributed by atoms with van der Waals surface area (Å²) in [4.78, 5) is 15.2. The highest BCUT2D eigenvalue weighted by molar-refractivity contribution is 7.90. The van der Waals surface area contributed by atoms with E-state index >= 15 is 0 Å². The predicted octanol–water partition coefficient (Wildman–Crippen LogP) is 2.62. The van der Waals surface area contributed by atoms with Crippen LogP contribution < -0.4 is 0 Å². The number of halogens is 1. The minimum atomic E-state index is -3.84. The molecule has 0 bridgehead atoms. The van der Waals surface area contributed by atoms with Crippen molar-refractivity contribution in [1.29, 1.82) is 0 Å². The van der Waals surface area contributed by atoms with Crippen LogP contribution in [0.4, 0.5) is 0 Å². The normalized spacial score (nSPS) is 11.7. The number of fused-ring (bicyclic) bond motifs is 1. The van der Waals surface area contributed by atoms with Gasteiger partial charge in [0.05, 0.1) is 21.5 Å². The molecular weight excluding hydrogens is 328 g/mol. The van der Waals surface area contributed by atoms with Gasteiger partial charge in [-0.2, -0.15) is 0 Å². The van der Waals surface area contributed by atoms with Crippen LogP contribution in [-0.2, 0) is 10.0 Å². The average molecular weight is 337 g/mol. The highest BCUT2D eigenvalue weighted by Crippen LogP contribution is 2.25. The van der Waals surface area contributed by atoms with Gasteiger partial charge in [0, 0.05) is 6.20 Å². The molecule has 0 spiro atoms. The van der Waals surface area contributed by atoms with Crippen molar-refractivity contribution in [2.45, 2.75) is 4.90 Å². The second-order valence-corrected chi connectivity index (χ2v) is 6.64. The van der Waals surface area contributed by atoms with Gasteiger partial charge in [0.25, 0.3) is 10.0 Å². The highest BCUT2D eigenvalue weighted by Gasteiger charge is 2.21. The molecule has 0 aliphatic rings.